The number of phosphoric ester groups is 2. The van der Waals surface area contributed by atoms with Gasteiger partial charge in [0.05, 0.1) is 19.8 Å². The molecule has 15 heteroatoms. The zero-order valence-electron chi connectivity index (χ0n) is 11.8. The lowest BCUT2D eigenvalue weighted by Crippen LogP contribution is -2.28. The molecule has 0 bridgehead atoms. The fraction of sp³-hybridized carbons (Fsp3) is 1.00. The summed E-state index contributed by atoms with van der Waals surface area (Å²) in [4.78, 5) is 30.3. The Morgan fingerprint density at radius 1 is 0.957 bits per heavy atom. The minimum atomic E-state index is -5.05. The van der Waals surface area contributed by atoms with Crippen LogP contribution >= 0.6 is 15.6 Å². The highest BCUT2D eigenvalue weighted by atomic mass is 31.2. The van der Waals surface area contributed by atoms with Gasteiger partial charge in [-0.15, -0.1) is 8.96 Å². The molecule has 0 aromatic heterocycles. The van der Waals surface area contributed by atoms with Gasteiger partial charge in [0.1, 0.15) is 0 Å². The van der Waals surface area contributed by atoms with Crippen molar-refractivity contribution in [3.05, 3.63) is 0 Å². The fourth-order valence-electron chi connectivity index (χ4n) is 1.19. The van der Waals surface area contributed by atoms with E-state index in [0.717, 1.165) is 0 Å². The lowest BCUT2D eigenvalue weighted by molar-refractivity contribution is -0.228. The normalized spacial score (nSPS) is 19.7. The number of hydrogen-bond acceptors (Lipinski definition) is 10. The van der Waals surface area contributed by atoms with Crippen molar-refractivity contribution < 1.29 is 51.5 Å². The van der Waals surface area contributed by atoms with Gasteiger partial charge in [0.25, 0.3) is 15.6 Å². The molecule has 0 aliphatic heterocycles. The van der Waals surface area contributed by atoms with Crippen molar-refractivity contribution in [1.29, 1.82) is 0 Å². The molecule has 4 N–H and O–H groups in total. The van der Waals surface area contributed by atoms with Gasteiger partial charge in [-0.1, -0.05) is 0 Å². The molecule has 0 saturated heterocycles. The quantitative estimate of drug-likeness (QED) is 0.195. The van der Waals surface area contributed by atoms with Crippen LogP contribution in [0.4, 0.5) is 8.96 Å². The van der Waals surface area contributed by atoms with Crippen LogP contribution in [0.1, 0.15) is 0 Å². The van der Waals surface area contributed by atoms with Crippen LogP contribution in [0, 0.1) is 11.8 Å². The van der Waals surface area contributed by atoms with Crippen molar-refractivity contribution in [1.82, 2.24) is 11.1 Å². The van der Waals surface area contributed by atoms with Crippen molar-refractivity contribution in [2.75, 3.05) is 39.5 Å². The van der Waals surface area contributed by atoms with Gasteiger partial charge < -0.3 is 33.4 Å². The summed E-state index contributed by atoms with van der Waals surface area (Å²) in [5.41, 5.74) is 2.40. The molecule has 0 aliphatic carbocycles. The van der Waals surface area contributed by atoms with E-state index in [4.69, 9.17) is 10.00 Å². The maximum absolute atomic E-state index is 12.0. The second kappa shape index (κ2) is 11.5. The lowest BCUT2D eigenvalue weighted by Gasteiger charge is -2.27. The molecule has 23 heavy (non-hydrogen) atoms. The van der Waals surface area contributed by atoms with E-state index >= 15 is 0 Å². The van der Waals surface area contributed by atoms with Crippen molar-refractivity contribution in [3.63, 3.8) is 0 Å². The second-order valence-electron chi connectivity index (χ2n) is 4.39. The summed E-state index contributed by atoms with van der Waals surface area (Å²) in [5.74, 6) is -1.93. The van der Waals surface area contributed by atoms with Gasteiger partial charge in [-0.3, -0.25) is 9.13 Å². The van der Waals surface area contributed by atoms with Crippen LogP contribution < -0.4 is 20.9 Å². The average molecular weight is 386 g/mol. The summed E-state index contributed by atoms with van der Waals surface area (Å²) >= 11 is 0. The van der Waals surface area contributed by atoms with E-state index in [2.05, 4.69) is 13.6 Å². The summed E-state index contributed by atoms with van der Waals surface area (Å²) in [6, 6.07) is 0. The fourth-order valence-corrected chi connectivity index (χ4v) is 2.45. The van der Waals surface area contributed by atoms with Gasteiger partial charge in [-0.05, 0) is 0 Å². The molecule has 0 radical (unpaired) electrons. The average Bonchev–Trinajstić information content (AvgIpc) is 2.45. The molecule has 0 fully saturated rings. The van der Waals surface area contributed by atoms with Crippen LogP contribution in [0.15, 0.2) is 0 Å². The van der Waals surface area contributed by atoms with Gasteiger partial charge in [0.15, 0.2) is 0 Å². The Hall–Kier alpha value is -0.0400. The topological polar surface area (TPSA) is 172 Å². The van der Waals surface area contributed by atoms with Crippen molar-refractivity contribution in [2.45, 2.75) is 0 Å². The van der Waals surface area contributed by atoms with E-state index in [0.29, 0.717) is 0 Å². The Bertz CT molecular complexity index is 413. The van der Waals surface area contributed by atoms with Crippen LogP contribution in [0.3, 0.4) is 0 Å². The first-order valence-corrected chi connectivity index (χ1v) is 9.15. The van der Waals surface area contributed by atoms with Crippen LogP contribution in [0.5, 0.6) is 0 Å². The third-order valence-electron chi connectivity index (χ3n) is 2.40. The van der Waals surface area contributed by atoms with Gasteiger partial charge in [-0.2, -0.15) is 11.1 Å². The minimum Gasteiger partial charge on any atom is -0.756 e. The first-order chi connectivity index (χ1) is 10.6. The predicted molar refractivity (Wildman–Crippen MR) is 67.6 cm³/mol. The molecule has 140 valence electrons. The number of aliphatic hydroxyl groups is 1. The Morgan fingerprint density at radius 2 is 1.39 bits per heavy atom. The van der Waals surface area contributed by atoms with E-state index < -0.39 is 60.5 Å². The zero-order chi connectivity index (χ0) is 17.9. The zero-order valence-corrected chi connectivity index (χ0v) is 13.6. The Balaban J connectivity index is 4.33. The predicted octanol–water partition coefficient (Wildman–Crippen LogP) is -1.86. The molecule has 0 saturated carbocycles. The molecule has 0 rings (SSSR count). The highest BCUT2D eigenvalue weighted by Gasteiger charge is 2.19. The third kappa shape index (κ3) is 13.0. The van der Waals surface area contributed by atoms with E-state index in [9.17, 15) is 27.9 Å². The second-order valence-corrected chi connectivity index (χ2v) is 7.00. The van der Waals surface area contributed by atoms with Crippen LogP contribution in [-0.2, 0) is 22.7 Å². The van der Waals surface area contributed by atoms with Gasteiger partial charge in [0, 0.05) is 31.5 Å². The van der Waals surface area contributed by atoms with Crippen LogP contribution in [0.2, 0.25) is 0 Å². The molecule has 0 aromatic carbocycles. The first kappa shape index (κ1) is 23.0. The van der Waals surface area contributed by atoms with E-state index in [1.807, 2.05) is 0 Å². The number of aliphatic hydroxyl groups excluding tert-OH is 1. The summed E-state index contributed by atoms with van der Waals surface area (Å²) in [6.45, 7) is -3.43. The monoisotopic (exact) mass is 386 g/mol. The van der Waals surface area contributed by atoms with Crippen LogP contribution in [-0.4, -0.2) is 49.5 Å². The molecular formula is C8H18F2N2O9P2-2. The number of phosphoric acid groups is 2. The Labute approximate surface area is 130 Å². The lowest BCUT2D eigenvalue weighted by atomic mass is 10.2. The molecule has 0 heterocycles. The maximum Gasteiger partial charge on any atom is 0.267 e. The SMILES string of the molecule is O=P([O-])(O)OCC(CNF)COP(=O)([O-])OCC(CO)CNF. The van der Waals surface area contributed by atoms with Crippen molar-refractivity contribution in [3.8, 4) is 0 Å². The smallest absolute Gasteiger partial charge is 0.267 e. The third-order valence-corrected chi connectivity index (χ3v) is 3.81. The first-order valence-electron chi connectivity index (χ1n) is 6.19. The highest BCUT2D eigenvalue weighted by Crippen LogP contribution is 2.39. The summed E-state index contributed by atoms with van der Waals surface area (Å²) in [5, 5.41) is 8.82. The summed E-state index contributed by atoms with van der Waals surface area (Å²) in [7, 11) is -9.90. The van der Waals surface area contributed by atoms with Crippen LogP contribution in [0.25, 0.3) is 0 Å². The summed E-state index contributed by atoms with van der Waals surface area (Å²) < 4.78 is 58.6. The Kier molecular flexibility index (Phi) is 11.5. The molecule has 0 aliphatic rings. The van der Waals surface area contributed by atoms with Gasteiger partial charge in [0.2, 0.25) is 0 Å². The number of hydrogen-bond donors (Lipinski definition) is 4. The molecule has 11 nitrogen and oxygen atoms in total. The molecule has 0 spiro atoms. The van der Waals surface area contributed by atoms with Crippen molar-refractivity contribution >= 4 is 15.6 Å². The number of nitrogens with one attached hydrogen (secondary N) is 2. The molecule has 4 atom stereocenters. The highest BCUT2D eigenvalue weighted by molar-refractivity contribution is 7.45. The summed E-state index contributed by atoms with van der Waals surface area (Å²) in [6.07, 6.45) is 0. The largest absolute Gasteiger partial charge is 0.756 e. The molecule has 0 amide bonds. The maximum atomic E-state index is 12.0. The molecular weight excluding hydrogens is 368 g/mol. The number of rotatable bonds is 14. The Morgan fingerprint density at radius 3 is 1.83 bits per heavy atom. The molecule has 0 aromatic rings. The van der Waals surface area contributed by atoms with E-state index in [1.54, 1.807) is 0 Å². The standard InChI is InChI=1S/C8H20F2N2O9P2/c9-11-1-7(3-13)4-20-23(17,18)21-6-8(2-12-10)5-19-22(14,15)16/h7-8,11-13H,1-6H2,(H,17,18)(H2,14,15,16)/p-2. The van der Waals surface area contributed by atoms with Crippen molar-refractivity contribution in [2.24, 2.45) is 11.8 Å². The van der Waals surface area contributed by atoms with E-state index in [-0.39, 0.29) is 6.54 Å². The molecule has 4 unspecified atom stereocenters. The number of halogens is 2. The minimum absolute atomic E-state index is 0.353. The van der Waals surface area contributed by atoms with Gasteiger partial charge in [-0.25, -0.2) is 0 Å². The van der Waals surface area contributed by atoms with Gasteiger partial charge >= 0.3 is 0 Å². The van der Waals surface area contributed by atoms with E-state index in [1.165, 1.54) is 11.1 Å².